The van der Waals surface area contributed by atoms with Crippen LogP contribution in [0.4, 0.5) is 0 Å². The number of rotatable bonds is 4. The van der Waals surface area contributed by atoms with Crippen molar-refractivity contribution in [2.24, 2.45) is 0 Å². The summed E-state index contributed by atoms with van der Waals surface area (Å²) in [4.78, 5) is 12.4. The minimum atomic E-state index is -0.0263. The van der Waals surface area contributed by atoms with Gasteiger partial charge in [0.1, 0.15) is 0 Å². The lowest BCUT2D eigenvalue weighted by Crippen LogP contribution is -2.32. The largest absolute Gasteiger partial charge is 0.349 e. The number of benzene rings is 1. The number of fused-ring (bicyclic) bond motifs is 2. The van der Waals surface area contributed by atoms with Crippen molar-refractivity contribution in [3.63, 3.8) is 0 Å². The summed E-state index contributed by atoms with van der Waals surface area (Å²) >= 11 is 13.5. The summed E-state index contributed by atoms with van der Waals surface area (Å²) in [5.74, 6) is 0.227. The summed E-state index contributed by atoms with van der Waals surface area (Å²) in [7, 11) is 0. The maximum Gasteiger partial charge on any atom is 0.230 e. The van der Waals surface area contributed by atoms with Crippen molar-refractivity contribution in [1.29, 1.82) is 0 Å². The number of hydrogen-bond donors (Lipinski definition) is 1. The number of aryl methyl sites for hydroxylation is 1. The van der Waals surface area contributed by atoms with E-state index in [0.29, 0.717) is 20.8 Å². The number of aromatic nitrogens is 3. The van der Waals surface area contributed by atoms with E-state index in [1.807, 2.05) is 12.1 Å². The molecule has 0 saturated carbocycles. The van der Waals surface area contributed by atoms with E-state index in [9.17, 15) is 4.79 Å². The summed E-state index contributed by atoms with van der Waals surface area (Å²) in [6, 6.07) is 10.0. The molecule has 134 valence electrons. The zero-order chi connectivity index (χ0) is 18.1. The first-order chi connectivity index (χ1) is 12.6. The van der Waals surface area contributed by atoms with E-state index in [0.717, 1.165) is 19.3 Å². The molecule has 5 nitrogen and oxygen atoms in total. The molecule has 0 bridgehead atoms. The lowest BCUT2D eigenvalue weighted by atomic mass is 9.88. The molecule has 1 atom stereocenters. The fourth-order valence-corrected chi connectivity index (χ4v) is 4.50. The van der Waals surface area contributed by atoms with E-state index in [1.54, 1.807) is 16.7 Å². The minimum absolute atomic E-state index is 0.0263. The topological polar surface area (TPSA) is 59.3 Å². The van der Waals surface area contributed by atoms with Crippen LogP contribution in [0, 0.1) is 0 Å². The molecule has 1 unspecified atom stereocenters. The fourth-order valence-electron chi connectivity index (χ4n) is 3.27. The van der Waals surface area contributed by atoms with E-state index in [2.05, 4.69) is 27.6 Å². The van der Waals surface area contributed by atoms with Gasteiger partial charge in [-0.1, -0.05) is 59.2 Å². The molecule has 0 spiro atoms. The van der Waals surface area contributed by atoms with Crippen molar-refractivity contribution >= 4 is 46.5 Å². The second-order valence-corrected chi connectivity index (χ2v) is 7.97. The van der Waals surface area contributed by atoms with Crippen molar-refractivity contribution in [2.75, 3.05) is 5.75 Å². The predicted molar refractivity (Wildman–Crippen MR) is 104 cm³/mol. The number of pyridine rings is 1. The van der Waals surface area contributed by atoms with Gasteiger partial charge in [0, 0.05) is 6.20 Å². The Morgan fingerprint density at radius 1 is 1.31 bits per heavy atom. The van der Waals surface area contributed by atoms with Gasteiger partial charge in [-0.3, -0.25) is 9.20 Å². The highest BCUT2D eigenvalue weighted by Crippen LogP contribution is 2.30. The van der Waals surface area contributed by atoms with Crippen LogP contribution < -0.4 is 5.32 Å². The molecule has 3 aromatic rings. The van der Waals surface area contributed by atoms with Gasteiger partial charge in [0.15, 0.2) is 10.8 Å². The zero-order valence-electron chi connectivity index (χ0n) is 13.8. The first kappa shape index (κ1) is 17.6. The van der Waals surface area contributed by atoms with Crippen molar-refractivity contribution in [3.05, 3.63) is 57.7 Å². The molecule has 2 aromatic heterocycles. The monoisotopic (exact) mass is 406 g/mol. The van der Waals surface area contributed by atoms with E-state index >= 15 is 0 Å². The lowest BCUT2D eigenvalue weighted by Gasteiger charge is -2.26. The van der Waals surface area contributed by atoms with Crippen LogP contribution in [0.15, 0.2) is 41.7 Å². The molecule has 1 aromatic carbocycles. The molecule has 1 amide bonds. The van der Waals surface area contributed by atoms with Gasteiger partial charge in [0.05, 0.1) is 21.8 Å². The van der Waals surface area contributed by atoms with Crippen molar-refractivity contribution in [3.8, 4) is 0 Å². The quantitative estimate of drug-likeness (QED) is 0.655. The molecule has 0 aliphatic heterocycles. The first-order valence-corrected chi connectivity index (χ1v) is 10.1. The number of thioether (sulfide) groups is 1. The SMILES string of the molecule is O=C(CSc1nnc2c(Cl)cc(Cl)cn12)NC1CCCc2ccccc21. The van der Waals surface area contributed by atoms with Crippen LogP contribution in [0.2, 0.25) is 10.0 Å². The van der Waals surface area contributed by atoms with Crippen LogP contribution in [-0.4, -0.2) is 26.3 Å². The second kappa shape index (κ2) is 7.47. The lowest BCUT2D eigenvalue weighted by molar-refractivity contribution is -0.119. The van der Waals surface area contributed by atoms with Gasteiger partial charge in [-0.15, -0.1) is 10.2 Å². The molecule has 0 saturated heterocycles. The molecular weight excluding hydrogens is 391 g/mol. The molecule has 0 fully saturated rings. The van der Waals surface area contributed by atoms with Gasteiger partial charge in [0.25, 0.3) is 0 Å². The number of nitrogens with one attached hydrogen (secondary N) is 1. The third kappa shape index (κ3) is 3.54. The predicted octanol–water partition coefficient (Wildman–Crippen LogP) is 4.32. The molecule has 2 heterocycles. The highest BCUT2D eigenvalue weighted by Gasteiger charge is 2.21. The average molecular weight is 407 g/mol. The van der Waals surface area contributed by atoms with Crippen LogP contribution in [-0.2, 0) is 11.2 Å². The number of hydrogen-bond acceptors (Lipinski definition) is 4. The maximum absolute atomic E-state index is 12.4. The summed E-state index contributed by atoms with van der Waals surface area (Å²) in [6.45, 7) is 0. The van der Waals surface area contributed by atoms with Crippen molar-refractivity contribution < 1.29 is 4.79 Å². The molecule has 1 N–H and O–H groups in total. The minimum Gasteiger partial charge on any atom is -0.349 e. The first-order valence-electron chi connectivity index (χ1n) is 8.31. The van der Waals surface area contributed by atoms with Crippen LogP contribution >= 0.6 is 35.0 Å². The molecule has 4 rings (SSSR count). The summed E-state index contributed by atoms with van der Waals surface area (Å²) in [5, 5.41) is 12.8. The Labute approximate surface area is 165 Å². The van der Waals surface area contributed by atoms with Gasteiger partial charge in [-0.05, 0) is 36.5 Å². The van der Waals surface area contributed by atoms with E-state index < -0.39 is 0 Å². The summed E-state index contributed by atoms with van der Waals surface area (Å²) < 4.78 is 1.71. The van der Waals surface area contributed by atoms with Crippen LogP contribution in [0.5, 0.6) is 0 Å². The smallest absolute Gasteiger partial charge is 0.230 e. The van der Waals surface area contributed by atoms with Crippen molar-refractivity contribution in [1.82, 2.24) is 19.9 Å². The molecule has 1 aliphatic rings. The van der Waals surface area contributed by atoms with E-state index in [4.69, 9.17) is 23.2 Å². The fraction of sp³-hybridized carbons (Fsp3) is 0.278. The third-order valence-corrected chi connectivity index (χ3v) is 5.86. The Kier molecular flexibility index (Phi) is 5.07. The van der Waals surface area contributed by atoms with Gasteiger partial charge in [0.2, 0.25) is 5.91 Å². The second-order valence-electron chi connectivity index (χ2n) is 6.18. The Hall–Kier alpha value is -1.76. The molecule has 1 aliphatic carbocycles. The average Bonchev–Trinajstić information content (AvgIpc) is 3.03. The van der Waals surface area contributed by atoms with Gasteiger partial charge in [-0.25, -0.2) is 0 Å². The molecule has 8 heteroatoms. The van der Waals surface area contributed by atoms with Gasteiger partial charge < -0.3 is 5.32 Å². The normalized spacial score (nSPS) is 16.5. The summed E-state index contributed by atoms with van der Waals surface area (Å²) in [6.07, 6.45) is 4.82. The highest BCUT2D eigenvalue weighted by molar-refractivity contribution is 7.99. The Morgan fingerprint density at radius 3 is 3.04 bits per heavy atom. The Balaban J connectivity index is 1.44. The number of halogens is 2. The molecule has 26 heavy (non-hydrogen) atoms. The Morgan fingerprint density at radius 2 is 2.15 bits per heavy atom. The number of carbonyl (C=O) groups is 1. The molecule has 0 radical (unpaired) electrons. The number of nitrogens with zero attached hydrogens (tertiary/aromatic N) is 3. The van der Waals surface area contributed by atoms with Crippen molar-refractivity contribution in [2.45, 2.75) is 30.5 Å². The van der Waals surface area contributed by atoms with Crippen LogP contribution in [0.3, 0.4) is 0 Å². The van der Waals surface area contributed by atoms with E-state index in [1.165, 1.54) is 22.9 Å². The number of carbonyl (C=O) groups excluding carboxylic acids is 1. The van der Waals surface area contributed by atoms with Gasteiger partial charge in [-0.2, -0.15) is 0 Å². The zero-order valence-corrected chi connectivity index (χ0v) is 16.1. The highest BCUT2D eigenvalue weighted by atomic mass is 35.5. The number of amides is 1. The third-order valence-electron chi connectivity index (χ3n) is 4.43. The Bertz CT molecular complexity index is 975. The van der Waals surface area contributed by atoms with Gasteiger partial charge >= 0.3 is 0 Å². The maximum atomic E-state index is 12.4. The van der Waals surface area contributed by atoms with Crippen LogP contribution in [0.1, 0.15) is 30.0 Å². The van der Waals surface area contributed by atoms with Crippen LogP contribution in [0.25, 0.3) is 5.65 Å². The summed E-state index contributed by atoms with van der Waals surface area (Å²) in [5.41, 5.74) is 3.08. The van der Waals surface area contributed by atoms with E-state index in [-0.39, 0.29) is 17.7 Å². The standard InChI is InChI=1S/C18H16Cl2N4OS/c19-12-8-14(20)17-22-23-18(24(17)9-12)26-10-16(25)21-15-7-3-5-11-4-1-2-6-13(11)15/h1-2,4,6,8-9,15H,3,5,7,10H2,(H,21,25). The molecular formula is C18H16Cl2N4OS.